The van der Waals surface area contributed by atoms with Gasteiger partial charge in [-0.25, -0.2) is 8.42 Å². The normalized spacial score (nSPS) is 12.8. The van der Waals surface area contributed by atoms with Gasteiger partial charge in [0.05, 0.1) is 11.9 Å². The molecule has 3 rings (SSSR count). The van der Waals surface area contributed by atoms with Crippen LogP contribution in [0.4, 0.5) is 5.69 Å². The summed E-state index contributed by atoms with van der Waals surface area (Å²) in [6.45, 7) is 3.21. The van der Waals surface area contributed by atoms with Crippen LogP contribution in [0.1, 0.15) is 31.4 Å². The minimum absolute atomic E-state index is 0.0984. The van der Waals surface area contributed by atoms with Crippen molar-refractivity contribution < 1.29 is 18.0 Å². The number of hydrogen-bond donors (Lipinski definition) is 1. The lowest BCUT2D eigenvalue weighted by atomic mass is 10.0. The second kappa shape index (κ2) is 14.3. The van der Waals surface area contributed by atoms with E-state index in [4.69, 9.17) is 23.2 Å². The highest BCUT2D eigenvalue weighted by atomic mass is 79.9. The van der Waals surface area contributed by atoms with Gasteiger partial charge in [0.15, 0.2) is 0 Å². The van der Waals surface area contributed by atoms with Crippen LogP contribution >= 0.6 is 39.1 Å². The van der Waals surface area contributed by atoms with Crippen LogP contribution in [0.5, 0.6) is 0 Å². The summed E-state index contributed by atoms with van der Waals surface area (Å²) >= 11 is 16.3. The van der Waals surface area contributed by atoms with Crippen LogP contribution < -0.4 is 9.62 Å². The number of halogens is 3. The summed E-state index contributed by atoms with van der Waals surface area (Å²) in [6.07, 6.45) is 1.93. The number of nitrogens with zero attached hydrogens (tertiary/aromatic N) is 2. The average Bonchev–Trinajstić information content (AvgIpc) is 2.90. The zero-order chi connectivity index (χ0) is 29.4. The first kappa shape index (κ1) is 31.9. The van der Waals surface area contributed by atoms with Crippen molar-refractivity contribution in [2.45, 2.75) is 45.3 Å². The predicted molar refractivity (Wildman–Crippen MR) is 165 cm³/mol. The lowest BCUT2D eigenvalue weighted by molar-refractivity contribution is -0.140. The van der Waals surface area contributed by atoms with Gasteiger partial charge in [-0.05, 0) is 49.2 Å². The van der Waals surface area contributed by atoms with Gasteiger partial charge >= 0.3 is 0 Å². The number of hydrogen-bond acceptors (Lipinski definition) is 4. The highest BCUT2D eigenvalue weighted by Crippen LogP contribution is 2.28. The first-order valence-corrected chi connectivity index (χ1v) is 16.1. The molecule has 40 heavy (non-hydrogen) atoms. The van der Waals surface area contributed by atoms with Gasteiger partial charge in [0.25, 0.3) is 0 Å². The van der Waals surface area contributed by atoms with E-state index in [-0.39, 0.29) is 24.9 Å². The molecular formula is C29H32BrCl2N3O4S. The molecule has 0 aromatic heterocycles. The highest BCUT2D eigenvalue weighted by Gasteiger charge is 2.34. The molecule has 0 bridgehead atoms. The molecular weight excluding hydrogens is 637 g/mol. The van der Waals surface area contributed by atoms with Crippen molar-refractivity contribution in [2.24, 2.45) is 0 Å². The molecule has 0 radical (unpaired) electrons. The molecule has 0 heterocycles. The van der Waals surface area contributed by atoms with Crippen LogP contribution in [0.15, 0.2) is 77.3 Å². The fourth-order valence-corrected chi connectivity index (χ4v) is 5.84. The van der Waals surface area contributed by atoms with Crippen LogP contribution in [-0.4, -0.2) is 50.0 Å². The van der Waals surface area contributed by atoms with Gasteiger partial charge in [0.2, 0.25) is 21.8 Å². The molecule has 7 nitrogen and oxygen atoms in total. The van der Waals surface area contributed by atoms with Gasteiger partial charge in [-0.15, -0.1) is 0 Å². The summed E-state index contributed by atoms with van der Waals surface area (Å²) in [5.74, 6) is -0.940. The first-order chi connectivity index (χ1) is 18.9. The third kappa shape index (κ3) is 8.70. The highest BCUT2D eigenvalue weighted by molar-refractivity contribution is 9.10. The molecule has 0 fully saturated rings. The van der Waals surface area contributed by atoms with Gasteiger partial charge < -0.3 is 10.2 Å². The van der Waals surface area contributed by atoms with Crippen molar-refractivity contribution in [3.8, 4) is 0 Å². The molecule has 3 aromatic carbocycles. The van der Waals surface area contributed by atoms with Crippen LogP contribution in [-0.2, 0) is 32.6 Å². The Kier molecular flexibility index (Phi) is 11.5. The molecule has 0 saturated carbocycles. The molecule has 3 aromatic rings. The molecule has 0 spiro atoms. The van der Waals surface area contributed by atoms with Crippen LogP contribution in [0, 0.1) is 0 Å². The number of amides is 2. The molecule has 1 N–H and O–H groups in total. The third-order valence-corrected chi connectivity index (χ3v) is 8.78. The number of carbonyl (C=O) groups excluding carboxylic acids is 2. The Morgan fingerprint density at radius 1 is 0.975 bits per heavy atom. The van der Waals surface area contributed by atoms with Gasteiger partial charge in [0.1, 0.15) is 12.6 Å². The molecule has 0 saturated heterocycles. The number of anilines is 1. The van der Waals surface area contributed by atoms with Gasteiger partial charge in [-0.1, -0.05) is 88.5 Å². The van der Waals surface area contributed by atoms with E-state index in [1.807, 2.05) is 44.2 Å². The summed E-state index contributed by atoms with van der Waals surface area (Å²) in [5.41, 5.74) is 1.60. The molecule has 0 aliphatic rings. The maximum atomic E-state index is 14.1. The third-order valence-electron chi connectivity index (χ3n) is 6.44. The lowest BCUT2D eigenvalue weighted by Gasteiger charge is -2.34. The van der Waals surface area contributed by atoms with Crippen LogP contribution in [0.3, 0.4) is 0 Å². The SMILES string of the molecule is CCC(C)NC(=O)C(Cc1ccccc1)N(Cc1c(Cl)cccc1Cl)C(=O)CN(c1cccc(Br)c1)S(C)(=O)=O. The zero-order valence-electron chi connectivity index (χ0n) is 22.5. The summed E-state index contributed by atoms with van der Waals surface area (Å²) in [6, 6.07) is 19.9. The number of sulfonamides is 1. The summed E-state index contributed by atoms with van der Waals surface area (Å²) in [5, 5.41) is 3.65. The van der Waals surface area contributed by atoms with E-state index in [0.717, 1.165) is 16.1 Å². The Morgan fingerprint density at radius 2 is 1.60 bits per heavy atom. The predicted octanol–water partition coefficient (Wildman–Crippen LogP) is 6.08. The van der Waals surface area contributed by atoms with E-state index >= 15 is 0 Å². The molecule has 0 aliphatic carbocycles. The van der Waals surface area contributed by atoms with E-state index in [0.29, 0.717) is 32.2 Å². The number of carbonyl (C=O) groups is 2. The van der Waals surface area contributed by atoms with Crippen LogP contribution in [0.25, 0.3) is 0 Å². The Hall–Kier alpha value is -2.59. The first-order valence-electron chi connectivity index (χ1n) is 12.7. The van der Waals surface area contributed by atoms with E-state index in [9.17, 15) is 18.0 Å². The number of benzene rings is 3. The van der Waals surface area contributed by atoms with Crippen molar-refractivity contribution in [3.63, 3.8) is 0 Å². The van der Waals surface area contributed by atoms with E-state index in [2.05, 4.69) is 21.2 Å². The Balaban J connectivity index is 2.11. The van der Waals surface area contributed by atoms with Crippen molar-refractivity contribution in [3.05, 3.63) is 98.4 Å². The van der Waals surface area contributed by atoms with Gasteiger partial charge in [0, 0.05) is 39.1 Å². The van der Waals surface area contributed by atoms with Crippen molar-refractivity contribution in [2.75, 3.05) is 17.1 Å². The summed E-state index contributed by atoms with van der Waals surface area (Å²) in [7, 11) is -3.87. The van der Waals surface area contributed by atoms with E-state index in [1.54, 1.807) is 42.5 Å². The van der Waals surface area contributed by atoms with Crippen molar-refractivity contribution in [1.82, 2.24) is 10.2 Å². The topological polar surface area (TPSA) is 86.8 Å². The molecule has 11 heteroatoms. The fourth-order valence-electron chi connectivity index (χ4n) is 4.09. The van der Waals surface area contributed by atoms with Crippen molar-refractivity contribution in [1.29, 1.82) is 0 Å². The second-order valence-electron chi connectivity index (χ2n) is 9.49. The van der Waals surface area contributed by atoms with E-state index < -0.39 is 28.5 Å². The molecule has 0 aliphatic heterocycles. The average molecular weight is 669 g/mol. The Labute approximate surface area is 254 Å². The maximum absolute atomic E-state index is 14.1. The molecule has 2 amide bonds. The van der Waals surface area contributed by atoms with Crippen molar-refractivity contribution >= 4 is 66.7 Å². The summed E-state index contributed by atoms with van der Waals surface area (Å²) in [4.78, 5) is 29.2. The molecule has 2 unspecified atom stereocenters. The fraction of sp³-hybridized carbons (Fsp3) is 0.310. The zero-order valence-corrected chi connectivity index (χ0v) is 26.4. The minimum Gasteiger partial charge on any atom is -0.352 e. The minimum atomic E-state index is -3.87. The smallest absolute Gasteiger partial charge is 0.244 e. The summed E-state index contributed by atoms with van der Waals surface area (Å²) < 4.78 is 27.4. The Morgan fingerprint density at radius 3 is 2.17 bits per heavy atom. The second-order valence-corrected chi connectivity index (χ2v) is 13.1. The molecule has 2 atom stereocenters. The standard InChI is InChI=1S/C29H32BrCl2N3O4S/c1-4-20(2)33-29(37)27(16-21-10-6-5-7-11-21)34(18-24-25(31)14-9-15-26(24)32)28(36)19-35(40(3,38)39)23-13-8-12-22(30)17-23/h5-15,17,20,27H,4,16,18-19H2,1-3H3,(H,33,37). The molecule has 214 valence electrons. The van der Waals surface area contributed by atoms with E-state index in [1.165, 1.54) is 4.90 Å². The number of rotatable bonds is 12. The Bertz CT molecular complexity index is 1420. The van der Waals surface area contributed by atoms with Gasteiger partial charge in [-0.2, -0.15) is 0 Å². The van der Waals surface area contributed by atoms with Crippen LogP contribution in [0.2, 0.25) is 10.0 Å². The largest absolute Gasteiger partial charge is 0.352 e. The number of nitrogens with one attached hydrogen (secondary N) is 1. The monoisotopic (exact) mass is 667 g/mol. The quantitative estimate of drug-likeness (QED) is 0.254. The maximum Gasteiger partial charge on any atom is 0.244 e. The van der Waals surface area contributed by atoms with Gasteiger partial charge in [-0.3, -0.25) is 13.9 Å². The lowest BCUT2D eigenvalue weighted by Crippen LogP contribution is -2.54.